The Bertz CT molecular complexity index is 782. The largest absolute Gasteiger partial charge is 0.365 e. The quantitative estimate of drug-likeness (QED) is 0.861. The van der Waals surface area contributed by atoms with E-state index in [1.54, 1.807) is 18.4 Å². The average Bonchev–Trinajstić information content (AvgIpc) is 2.70. The Morgan fingerprint density at radius 1 is 1.50 bits per heavy atom. The van der Waals surface area contributed by atoms with Crippen molar-refractivity contribution in [2.24, 2.45) is 5.73 Å². The van der Waals surface area contributed by atoms with Crippen molar-refractivity contribution >= 4 is 27.5 Å². The second kappa shape index (κ2) is 5.43. The molecule has 0 aliphatic heterocycles. The van der Waals surface area contributed by atoms with E-state index in [9.17, 15) is 9.59 Å². The Morgan fingerprint density at radius 2 is 2.20 bits per heavy atom. The van der Waals surface area contributed by atoms with Crippen LogP contribution in [0.5, 0.6) is 0 Å². The molecular formula is C13H14N4O2S. The second-order valence-corrected chi connectivity index (χ2v) is 5.48. The third-order valence-electron chi connectivity index (χ3n) is 3.14. The Balaban J connectivity index is 2.63. The zero-order valence-electron chi connectivity index (χ0n) is 11.3. The minimum Gasteiger partial charge on any atom is -0.365 e. The fraction of sp³-hybridized carbons (Fsp3) is 0.385. The van der Waals surface area contributed by atoms with Gasteiger partial charge in [-0.2, -0.15) is 5.26 Å². The maximum Gasteiger partial charge on any atom is 0.262 e. The molecule has 0 fully saturated rings. The van der Waals surface area contributed by atoms with Crippen LogP contribution in [0.1, 0.15) is 33.9 Å². The van der Waals surface area contributed by atoms with Crippen LogP contribution in [-0.2, 0) is 6.54 Å². The molecule has 7 heteroatoms. The molecule has 2 heterocycles. The summed E-state index contributed by atoms with van der Waals surface area (Å²) in [4.78, 5) is 29.1. The lowest BCUT2D eigenvalue weighted by Crippen LogP contribution is -2.24. The standard InChI is InChI=1S/C13H14N4O2S/c1-7-9-12(20-10(7)11(15)18)16-8(2)17(13(9)19)6-4-3-5-14/h3-4,6H2,1-2H3,(H2,15,18). The zero-order chi connectivity index (χ0) is 14.9. The highest BCUT2D eigenvalue weighted by Crippen LogP contribution is 2.26. The van der Waals surface area contributed by atoms with Crippen molar-refractivity contribution in [3.05, 3.63) is 26.6 Å². The minimum atomic E-state index is -0.543. The van der Waals surface area contributed by atoms with Crippen LogP contribution in [0.25, 0.3) is 10.2 Å². The number of hydrogen-bond donors (Lipinski definition) is 1. The van der Waals surface area contributed by atoms with Gasteiger partial charge < -0.3 is 5.73 Å². The van der Waals surface area contributed by atoms with Crippen LogP contribution in [0, 0.1) is 25.2 Å². The number of carbonyl (C=O) groups is 1. The molecule has 0 aromatic carbocycles. The number of rotatable bonds is 4. The third-order valence-corrected chi connectivity index (χ3v) is 4.34. The summed E-state index contributed by atoms with van der Waals surface area (Å²) >= 11 is 1.15. The van der Waals surface area contributed by atoms with Crippen molar-refractivity contribution in [1.29, 1.82) is 5.26 Å². The summed E-state index contributed by atoms with van der Waals surface area (Å²) in [6.07, 6.45) is 0.982. The highest BCUT2D eigenvalue weighted by Gasteiger charge is 2.18. The van der Waals surface area contributed by atoms with Gasteiger partial charge in [0, 0.05) is 13.0 Å². The molecule has 0 unspecified atom stereocenters. The Hall–Kier alpha value is -2.20. The summed E-state index contributed by atoms with van der Waals surface area (Å²) in [7, 11) is 0. The molecule has 0 atom stereocenters. The Labute approximate surface area is 119 Å². The number of nitriles is 1. The van der Waals surface area contributed by atoms with Crippen molar-refractivity contribution in [2.75, 3.05) is 0 Å². The van der Waals surface area contributed by atoms with Crippen LogP contribution in [0.3, 0.4) is 0 Å². The molecule has 1 amide bonds. The van der Waals surface area contributed by atoms with E-state index in [1.165, 1.54) is 0 Å². The first-order valence-corrected chi connectivity index (χ1v) is 6.96. The number of primary amides is 1. The van der Waals surface area contributed by atoms with Crippen molar-refractivity contribution in [1.82, 2.24) is 9.55 Å². The second-order valence-electron chi connectivity index (χ2n) is 4.48. The van der Waals surface area contributed by atoms with E-state index in [4.69, 9.17) is 11.0 Å². The highest BCUT2D eigenvalue weighted by atomic mass is 32.1. The topological polar surface area (TPSA) is 102 Å². The minimum absolute atomic E-state index is 0.174. The monoisotopic (exact) mass is 290 g/mol. The van der Waals surface area contributed by atoms with E-state index >= 15 is 0 Å². The lowest BCUT2D eigenvalue weighted by atomic mass is 10.2. The van der Waals surface area contributed by atoms with Crippen molar-refractivity contribution in [2.45, 2.75) is 33.2 Å². The Kier molecular flexibility index (Phi) is 3.86. The predicted molar refractivity (Wildman–Crippen MR) is 76.7 cm³/mol. The number of carbonyl (C=O) groups excluding carboxylic acids is 1. The normalized spacial score (nSPS) is 10.7. The van der Waals surface area contributed by atoms with Gasteiger partial charge in [0.1, 0.15) is 10.7 Å². The van der Waals surface area contributed by atoms with Gasteiger partial charge in [-0.25, -0.2) is 4.98 Å². The summed E-state index contributed by atoms with van der Waals surface area (Å²) in [6.45, 7) is 3.89. The molecule has 2 aromatic rings. The number of unbranched alkanes of at least 4 members (excludes halogenated alkanes) is 1. The highest BCUT2D eigenvalue weighted by molar-refractivity contribution is 7.20. The first-order valence-electron chi connectivity index (χ1n) is 6.14. The summed E-state index contributed by atoms with van der Waals surface area (Å²) in [5, 5.41) is 9.01. The molecule has 0 bridgehead atoms. The number of amides is 1. The van der Waals surface area contributed by atoms with Gasteiger partial charge in [0.05, 0.1) is 16.3 Å². The molecule has 2 rings (SSSR count). The fourth-order valence-electron chi connectivity index (χ4n) is 2.13. The molecular weight excluding hydrogens is 276 g/mol. The summed E-state index contributed by atoms with van der Waals surface area (Å²) < 4.78 is 1.55. The molecule has 0 spiro atoms. The number of hydrogen-bond acceptors (Lipinski definition) is 5. The van der Waals surface area contributed by atoms with Crippen molar-refractivity contribution in [3.63, 3.8) is 0 Å². The third kappa shape index (κ3) is 2.30. The lowest BCUT2D eigenvalue weighted by molar-refractivity contribution is 0.100. The van der Waals surface area contributed by atoms with Crippen LogP contribution >= 0.6 is 11.3 Å². The number of thiophene rings is 1. The molecule has 104 valence electrons. The van der Waals surface area contributed by atoms with Gasteiger partial charge in [-0.3, -0.25) is 14.2 Å². The Morgan fingerprint density at radius 3 is 2.80 bits per heavy atom. The number of aryl methyl sites for hydroxylation is 2. The lowest BCUT2D eigenvalue weighted by Gasteiger charge is -2.08. The molecule has 20 heavy (non-hydrogen) atoms. The number of nitrogens with two attached hydrogens (primary N) is 1. The fourth-order valence-corrected chi connectivity index (χ4v) is 3.20. The maximum absolute atomic E-state index is 12.5. The smallest absolute Gasteiger partial charge is 0.262 e. The van der Waals surface area contributed by atoms with E-state index in [0.717, 1.165) is 11.3 Å². The van der Waals surface area contributed by atoms with Crippen LogP contribution in [-0.4, -0.2) is 15.5 Å². The van der Waals surface area contributed by atoms with Crippen molar-refractivity contribution in [3.8, 4) is 6.07 Å². The first kappa shape index (κ1) is 14.2. The predicted octanol–water partition coefficient (Wildman–Crippen LogP) is 1.48. The average molecular weight is 290 g/mol. The SMILES string of the molecule is Cc1c(C(N)=O)sc2nc(C)n(CCCC#N)c(=O)c12. The first-order chi connectivity index (χ1) is 9.47. The number of fused-ring (bicyclic) bond motifs is 1. The summed E-state index contributed by atoms with van der Waals surface area (Å²) in [5.74, 6) is 0.0382. The molecule has 6 nitrogen and oxygen atoms in total. The van der Waals surface area contributed by atoms with Crippen LogP contribution in [0.4, 0.5) is 0 Å². The summed E-state index contributed by atoms with van der Waals surface area (Å²) in [6, 6.07) is 2.05. The van der Waals surface area contributed by atoms with Gasteiger partial charge in [0.25, 0.3) is 11.5 Å². The zero-order valence-corrected chi connectivity index (χ0v) is 12.1. The number of nitrogens with zero attached hydrogens (tertiary/aromatic N) is 3. The molecule has 0 radical (unpaired) electrons. The molecule has 0 saturated heterocycles. The maximum atomic E-state index is 12.5. The van der Waals surface area contributed by atoms with Crippen LogP contribution in [0.2, 0.25) is 0 Å². The van der Waals surface area contributed by atoms with E-state index in [1.807, 2.05) is 6.07 Å². The van der Waals surface area contributed by atoms with Gasteiger partial charge in [-0.15, -0.1) is 11.3 Å². The van der Waals surface area contributed by atoms with Gasteiger partial charge in [0.15, 0.2) is 0 Å². The van der Waals surface area contributed by atoms with Crippen LogP contribution < -0.4 is 11.3 Å². The molecule has 0 aliphatic carbocycles. The van der Waals surface area contributed by atoms with Gasteiger partial charge in [-0.05, 0) is 25.8 Å². The molecule has 2 aromatic heterocycles. The molecule has 2 N–H and O–H groups in total. The van der Waals surface area contributed by atoms with E-state index < -0.39 is 5.91 Å². The van der Waals surface area contributed by atoms with Gasteiger partial charge >= 0.3 is 0 Å². The van der Waals surface area contributed by atoms with Gasteiger partial charge in [-0.1, -0.05) is 0 Å². The van der Waals surface area contributed by atoms with Gasteiger partial charge in [0.2, 0.25) is 0 Å². The molecule has 0 aliphatic rings. The van der Waals surface area contributed by atoms with Crippen molar-refractivity contribution < 1.29 is 4.79 Å². The molecule has 0 saturated carbocycles. The van der Waals surface area contributed by atoms with E-state index in [-0.39, 0.29) is 5.56 Å². The van der Waals surface area contributed by atoms with E-state index in [2.05, 4.69) is 4.98 Å². The number of aromatic nitrogens is 2. The summed E-state index contributed by atoms with van der Waals surface area (Å²) in [5.41, 5.74) is 5.71. The van der Waals surface area contributed by atoms with Crippen LogP contribution in [0.15, 0.2) is 4.79 Å². The van der Waals surface area contributed by atoms with E-state index in [0.29, 0.717) is 45.9 Å².